The highest BCUT2D eigenvalue weighted by Crippen LogP contribution is 2.16. The fourth-order valence-corrected chi connectivity index (χ4v) is 2.25. The van der Waals surface area contributed by atoms with Crippen LogP contribution in [-0.2, 0) is 17.8 Å². The van der Waals surface area contributed by atoms with E-state index < -0.39 is 0 Å². The molecule has 0 radical (unpaired) electrons. The van der Waals surface area contributed by atoms with Crippen LogP contribution in [0.2, 0.25) is 0 Å². The van der Waals surface area contributed by atoms with E-state index in [-0.39, 0.29) is 24.6 Å². The molecule has 1 aliphatic rings. The molecule has 1 unspecified atom stereocenters. The zero-order valence-corrected chi connectivity index (χ0v) is 10.6. The van der Waals surface area contributed by atoms with Gasteiger partial charge in [-0.2, -0.15) is 0 Å². The number of carbonyl (C=O) groups excluding carboxylic acids is 1. The first kappa shape index (κ1) is 13.1. The Labute approximate surface area is 107 Å². The highest BCUT2D eigenvalue weighted by atomic mass is 16.3. The molecule has 0 bridgehead atoms. The summed E-state index contributed by atoms with van der Waals surface area (Å²) in [6, 6.07) is 8.04. The zero-order valence-electron chi connectivity index (χ0n) is 10.6. The molecule has 1 aromatic rings. The minimum Gasteiger partial charge on any atom is -0.396 e. The molecule has 18 heavy (non-hydrogen) atoms. The van der Waals surface area contributed by atoms with E-state index in [2.05, 4.69) is 22.8 Å². The SMILES string of the molecule is CC(CCO)NC(=O)[C@H]1Cc2ccccc2CN1. The molecule has 3 N–H and O–H groups in total. The highest BCUT2D eigenvalue weighted by molar-refractivity contribution is 5.82. The summed E-state index contributed by atoms with van der Waals surface area (Å²) >= 11 is 0. The molecule has 4 heteroatoms. The molecule has 1 aliphatic heterocycles. The Morgan fingerprint density at radius 2 is 2.22 bits per heavy atom. The average Bonchev–Trinajstić information content (AvgIpc) is 2.38. The number of aliphatic hydroxyl groups excluding tert-OH is 1. The van der Waals surface area contributed by atoms with Crippen LogP contribution in [0.5, 0.6) is 0 Å². The highest BCUT2D eigenvalue weighted by Gasteiger charge is 2.24. The van der Waals surface area contributed by atoms with Gasteiger partial charge in [-0.1, -0.05) is 24.3 Å². The smallest absolute Gasteiger partial charge is 0.237 e. The van der Waals surface area contributed by atoms with E-state index in [1.807, 2.05) is 19.1 Å². The molecule has 2 atom stereocenters. The van der Waals surface area contributed by atoms with Crippen molar-refractivity contribution in [3.05, 3.63) is 35.4 Å². The maximum absolute atomic E-state index is 12.0. The van der Waals surface area contributed by atoms with Crippen LogP contribution in [0.25, 0.3) is 0 Å². The van der Waals surface area contributed by atoms with Gasteiger partial charge in [-0.05, 0) is 30.9 Å². The summed E-state index contributed by atoms with van der Waals surface area (Å²) < 4.78 is 0. The minimum absolute atomic E-state index is 0.0153. The van der Waals surface area contributed by atoms with Gasteiger partial charge in [0.1, 0.15) is 0 Å². The maximum Gasteiger partial charge on any atom is 0.237 e. The molecular formula is C14H20N2O2. The Morgan fingerprint density at radius 1 is 1.50 bits per heavy atom. The summed E-state index contributed by atoms with van der Waals surface area (Å²) in [4.78, 5) is 12.0. The number of fused-ring (bicyclic) bond motifs is 1. The zero-order chi connectivity index (χ0) is 13.0. The van der Waals surface area contributed by atoms with E-state index in [0.717, 1.165) is 13.0 Å². The van der Waals surface area contributed by atoms with Gasteiger partial charge in [0.2, 0.25) is 5.91 Å². The van der Waals surface area contributed by atoms with Crippen LogP contribution in [-0.4, -0.2) is 29.7 Å². The molecule has 1 aromatic carbocycles. The van der Waals surface area contributed by atoms with Crippen LogP contribution in [0.4, 0.5) is 0 Å². The van der Waals surface area contributed by atoms with Gasteiger partial charge in [-0.25, -0.2) is 0 Å². The normalized spacial score (nSPS) is 20.0. The number of benzene rings is 1. The molecule has 0 aromatic heterocycles. The predicted molar refractivity (Wildman–Crippen MR) is 70.1 cm³/mol. The number of aliphatic hydroxyl groups is 1. The molecule has 98 valence electrons. The summed E-state index contributed by atoms with van der Waals surface area (Å²) in [5.74, 6) is 0.0189. The van der Waals surface area contributed by atoms with Crippen LogP contribution in [0.1, 0.15) is 24.5 Å². The Morgan fingerprint density at radius 3 is 2.94 bits per heavy atom. The van der Waals surface area contributed by atoms with Crippen molar-refractivity contribution >= 4 is 5.91 Å². The third-order valence-corrected chi connectivity index (χ3v) is 3.35. The Kier molecular flexibility index (Phi) is 4.33. The number of rotatable bonds is 4. The van der Waals surface area contributed by atoms with Crippen molar-refractivity contribution in [2.45, 2.75) is 38.4 Å². The minimum atomic E-state index is -0.166. The molecule has 2 rings (SSSR count). The van der Waals surface area contributed by atoms with Gasteiger partial charge in [0.25, 0.3) is 0 Å². The van der Waals surface area contributed by atoms with Gasteiger partial charge in [-0.3, -0.25) is 4.79 Å². The van der Waals surface area contributed by atoms with Crippen molar-refractivity contribution < 1.29 is 9.90 Å². The predicted octanol–water partition coefficient (Wildman–Crippen LogP) is 0.588. The lowest BCUT2D eigenvalue weighted by molar-refractivity contribution is -0.124. The number of hydrogen-bond donors (Lipinski definition) is 3. The third-order valence-electron chi connectivity index (χ3n) is 3.35. The molecule has 0 aliphatic carbocycles. The van der Waals surface area contributed by atoms with Gasteiger partial charge in [0.05, 0.1) is 6.04 Å². The molecule has 4 nitrogen and oxygen atoms in total. The van der Waals surface area contributed by atoms with Crippen LogP contribution in [0.3, 0.4) is 0 Å². The van der Waals surface area contributed by atoms with Gasteiger partial charge in [-0.15, -0.1) is 0 Å². The van der Waals surface area contributed by atoms with E-state index in [9.17, 15) is 4.79 Å². The van der Waals surface area contributed by atoms with Crippen molar-refractivity contribution in [2.24, 2.45) is 0 Å². The van der Waals surface area contributed by atoms with E-state index in [0.29, 0.717) is 6.42 Å². The van der Waals surface area contributed by atoms with Crippen LogP contribution >= 0.6 is 0 Å². The van der Waals surface area contributed by atoms with Crippen LogP contribution in [0, 0.1) is 0 Å². The van der Waals surface area contributed by atoms with Crippen LogP contribution < -0.4 is 10.6 Å². The third kappa shape index (κ3) is 3.09. The number of amides is 1. The van der Waals surface area contributed by atoms with E-state index in [4.69, 9.17) is 5.11 Å². The fraction of sp³-hybridized carbons (Fsp3) is 0.500. The van der Waals surface area contributed by atoms with E-state index in [1.54, 1.807) is 0 Å². The van der Waals surface area contributed by atoms with Gasteiger partial charge in [0.15, 0.2) is 0 Å². The lowest BCUT2D eigenvalue weighted by atomic mass is 9.95. The summed E-state index contributed by atoms with van der Waals surface area (Å²) in [5, 5.41) is 15.0. The lowest BCUT2D eigenvalue weighted by Gasteiger charge is -2.26. The fourth-order valence-electron chi connectivity index (χ4n) is 2.25. The summed E-state index contributed by atoms with van der Waals surface area (Å²) in [7, 11) is 0. The van der Waals surface area contributed by atoms with Crippen molar-refractivity contribution in [2.75, 3.05) is 6.61 Å². The number of carbonyl (C=O) groups is 1. The van der Waals surface area contributed by atoms with Crippen molar-refractivity contribution in [1.82, 2.24) is 10.6 Å². The van der Waals surface area contributed by atoms with E-state index in [1.165, 1.54) is 11.1 Å². The van der Waals surface area contributed by atoms with Crippen molar-refractivity contribution in [1.29, 1.82) is 0 Å². The van der Waals surface area contributed by atoms with Gasteiger partial charge >= 0.3 is 0 Å². The lowest BCUT2D eigenvalue weighted by Crippen LogP contribution is -2.50. The summed E-state index contributed by atoms with van der Waals surface area (Å²) in [6.07, 6.45) is 1.32. The topological polar surface area (TPSA) is 61.4 Å². The standard InChI is InChI=1S/C14H20N2O2/c1-10(6-7-17)16-14(18)13-8-11-4-2-3-5-12(11)9-15-13/h2-5,10,13,15,17H,6-9H2,1H3,(H,16,18)/t10?,13-/m1/s1. The Hall–Kier alpha value is -1.39. The van der Waals surface area contributed by atoms with Crippen molar-refractivity contribution in [3.63, 3.8) is 0 Å². The Balaban J connectivity index is 1.94. The molecule has 0 spiro atoms. The monoisotopic (exact) mass is 248 g/mol. The maximum atomic E-state index is 12.0. The molecule has 0 saturated heterocycles. The second-order valence-electron chi connectivity index (χ2n) is 4.83. The molecule has 0 saturated carbocycles. The first-order chi connectivity index (χ1) is 8.70. The largest absolute Gasteiger partial charge is 0.396 e. The summed E-state index contributed by atoms with van der Waals surface area (Å²) in [6.45, 7) is 2.75. The number of nitrogens with one attached hydrogen (secondary N) is 2. The Bertz CT molecular complexity index is 420. The summed E-state index contributed by atoms with van der Waals surface area (Å²) in [5.41, 5.74) is 2.51. The molecular weight excluding hydrogens is 228 g/mol. The van der Waals surface area contributed by atoms with Gasteiger partial charge in [0, 0.05) is 19.2 Å². The second kappa shape index (κ2) is 5.98. The molecule has 1 amide bonds. The van der Waals surface area contributed by atoms with Crippen LogP contribution in [0.15, 0.2) is 24.3 Å². The molecule has 1 heterocycles. The second-order valence-corrected chi connectivity index (χ2v) is 4.83. The van der Waals surface area contributed by atoms with Gasteiger partial charge < -0.3 is 15.7 Å². The molecule has 0 fully saturated rings. The van der Waals surface area contributed by atoms with Crippen molar-refractivity contribution in [3.8, 4) is 0 Å². The quantitative estimate of drug-likeness (QED) is 0.731. The average molecular weight is 248 g/mol. The first-order valence-electron chi connectivity index (χ1n) is 6.42. The first-order valence-corrected chi connectivity index (χ1v) is 6.42. The number of hydrogen-bond acceptors (Lipinski definition) is 3. The van der Waals surface area contributed by atoms with E-state index >= 15 is 0 Å².